The van der Waals surface area contributed by atoms with Crippen molar-refractivity contribution in [1.29, 1.82) is 10.5 Å². The maximum absolute atomic E-state index is 12.8. The van der Waals surface area contributed by atoms with Crippen molar-refractivity contribution in [2.75, 3.05) is 4.90 Å². The van der Waals surface area contributed by atoms with E-state index in [0.29, 0.717) is 21.8 Å². The number of carbonyl (C=O) groups excluding carboxylic acids is 2. The molecule has 7 heteroatoms. The number of hydrogen-bond donors (Lipinski definition) is 0. The van der Waals surface area contributed by atoms with Gasteiger partial charge in [0.05, 0.1) is 28.1 Å². The predicted molar refractivity (Wildman–Crippen MR) is 101 cm³/mol. The molecule has 3 rings (SSSR count). The van der Waals surface area contributed by atoms with Crippen LogP contribution in [0, 0.1) is 22.7 Å². The standard InChI is InChI=1S/C20H16N4O2S/c1-2-3-15-7-6-14(12-22)19(23-15)27-17-10-18(25)24(20(17)26)16-8-4-13(11-21)5-9-16/h4-9,17H,2-3,10H2,1H3. The molecule has 2 heterocycles. The van der Waals surface area contributed by atoms with Gasteiger partial charge in [-0.15, -0.1) is 0 Å². The quantitative estimate of drug-likeness (QED) is 0.743. The molecule has 0 aliphatic carbocycles. The van der Waals surface area contributed by atoms with Crippen LogP contribution in [0.4, 0.5) is 5.69 Å². The van der Waals surface area contributed by atoms with Crippen molar-refractivity contribution in [3.63, 3.8) is 0 Å². The van der Waals surface area contributed by atoms with Crippen LogP contribution in [-0.4, -0.2) is 22.0 Å². The number of hydrogen-bond acceptors (Lipinski definition) is 6. The zero-order valence-electron chi connectivity index (χ0n) is 14.7. The van der Waals surface area contributed by atoms with Crippen LogP contribution in [0.3, 0.4) is 0 Å². The molecule has 0 spiro atoms. The number of thioether (sulfide) groups is 1. The zero-order valence-corrected chi connectivity index (χ0v) is 15.5. The molecule has 0 saturated carbocycles. The maximum Gasteiger partial charge on any atom is 0.247 e. The molecule has 1 aromatic heterocycles. The number of aryl methyl sites for hydroxylation is 1. The molecule has 6 nitrogen and oxygen atoms in total. The summed E-state index contributed by atoms with van der Waals surface area (Å²) >= 11 is 1.16. The molecule has 2 amide bonds. The molecule has 1 atom stereocenters. The van der Waals surface area contributed by atoms with Crippen LogP contribution < -0.4 is 4.90 Å². The number of imide groups is 1. The van der Waals surface area contributed by atoms with Gasteiger partial charge < -0.3 is 0 Å². The van der Waals surface area contributed by atoms with Crippen LogP contribution in [0.1, 0.15) is 36.6 Å². The van der Waals surface area contributed by atoms with E-state index in [1.54, 1.807) is 30.3 Å². The summed E-state index contributed by atoms with van der Waals surface area (Å²) in [6.07, 6.45) is 1.76. The summed E-state index contributed by atoms with van der Waals surface area (Å²) in [5.74, 6) is -0.633. The van der Waals surface area contributed by atoms with Gasteiger partial charge in [-0.05, 0) is 42.8 Å². The van der Waals surface area contributed by atoms with E-state index < -0.39 is 5.25 Å². The molecule has 0 N–H and O–H groups in total. The average Bonchev–Trinajstić information content (AvgIpc) is 2.96. The number of rotatable bonds is 5. The van der Waals surface area contributed by atoms with Crippen molar-refractivity contribution in [3.8, 4) is 12.1 Å². The second-order valence-electron chi connectivity index (χ2n) is 6.05. The highest BCUT2D eigenvalue weighted by Crippen LogP contribution is 2.34. The fourth-order valence-corrected chi connectivity index (χ4v) is 3.95. The molecule has 1 saturated heterocycles. The van der Waals surface area contributed by atoms with Gasteiger partial charge in [-0.3, -0.25) is 9.59 Å². The molecule has 1 unspecified atom stereocenters. The minimum absolute atomic E-state index is 0.0497. The first kappa shape index (κ1) is 18.6. The number of benzene rings is 1. The molecule has 0 radical (unpaired) electrons. The van der Waals surface area contributed by atoms with Gasteiger partial charge in [-0.2, -0.15) is 10.5 Å². The molecular formula is C20H16N4O2S. The first-order chi connectivity index (χ1) is 13.1. The van der Waals surface area contributed by atoms with Gasteiger partial charge in [-0.1, -0.05) is 25.1 Å². The van der Waals surface area contributed by atoms with E-state index in [1.165, 1.54) is 0 Å². The monoisotopic (exact) mass is 376 g/mol. The molecular weight excluding hydrogens is 360 g/mol. The third-order valence-corrected chi connectivity index (χ3v) is 5.35. The van der Waals surface area contributed by atoms with E-state index >= 15 is 0 Å². The Balaban J connectivity index is 1.84. The number of aromatic nitrogens is 1. The third kappa shape index (κ3) is 3.84. The molecule has 2 aromatic rings. The van der Waals surface area contributed by atoms with Crippen LogP contribution >= 0.6 is 11.8 Å². The largest absolute Gasteiger partial charge is 0.274 e. The van der Waals surface area contributed by atoms with Gasteiger partial charge in [-0.25, -0.2) is 9.88 Å². The van der Waals surface area contributed by atoms with E-state index in [4.69, 9.17) is 5.26 Å². The second kappa shape index (κ2) is 8.03. The summed E-state index contributed by atoms with van der Waals surface area (Å²) in [7, 11) is 0. The Hall–Kier alpha value is -3.16. The lowest BCUT2D eigenvalue weighted by Gasteiger charge is -2.15. The Morgan fingerprint density at radius 1 is 1.15 bits per heavy atom. The molecule has 27 heavy (non-hydrogen) atoms. The number of nitriles is 2. The fraction of sp³-hybridized carbons (Fsp3) is 0.250. The third-order valence-electron chi connectivity index (χ3n) is 4.16. The van der Waals surface area contributed by atoms with Gasteiger partial charge in [0.1, 0.15) is 11.1 Å². The van der Waals surface area contributed by atoms with E-state index in [0.717, 1.165) is 35.2 Å². The summed E-state index contributed by atoms with van der Waals surface area (Å²) in [6.45, 7) is 2.04. The van der Waals surface area contributed by atoms with Crippen LogP contribution in [0.5, 0.6) is 0 Å². The van der Waals surface area contributed by atoms with Crippen molar-refractivity contribution in [2.45, 2.75) is 36.5 Å². The highest BCUT2D eigenvalue weighted by atomic mass is 32.2. The van der Waals surface area contributed by atoms with E-state index in [1.807, 2.05) is 19.1 Å². The summed E-state index contributed by atoms with van der Waals surface area (Å²) in [4.78, 5) is 30.8. The molecule has 1 fully saturated rings. The Bertz CT molecular complexity index is 973. The van der Waals surface area contributed by atoms with Gasteiger partial charge in [0.15, 0.2) is 0 Å². The van der Waals surface area contributed by atoms with Gasteiger partial charge in [0.2, 0.25) is 11.8 Å². The van der Waals surface area contributed by atoms with Crippen molar-refractivity contribution < 1.29 is 9.59 Å². The minimum atomic E-state index is -0.621. The van der Waals surface area contributed by atoms with Gasteiger partial charge >= 0.3 is 0 Å². The van der Waals surface area contributed by atoms with Gasteiger partial charge in [0, 0.05) is 12.1 Å². The minimum Gasteiger partial charge on any atom is -0.274 e. The van der Waals surface area contributed by atoms with Crippen LogP contribution in [-0.2, 0) is 16.0 Å². The van der Waals surface area contributed by atoms with Crippen molar-refractivity contribution >= 4 is 29.3 Å². The van der Waals surface area contributed by atoms with Crippen LogP contribution in [0.2, 0.25) is 0 Å². The lowest BCUT2D eigenvalue weighted by molar-refractivity contribution is -0.121. The number of nitrogens with zero attached hydrogens (tertiary/aromatic N) is 4. The molecule has 134 valence electrons. The predicted octanol–water partition coefficient (Wildman–Crippen LogP) is 3.20. The lowest BCUT2D eigenvalue weighted by Crippen LogP contribution is -2.31. The Morgan fingerprint density at radius 3 is 2.52 bits per heavy atom. The van der Waals surface area contributed by atoms with E-state index in [2.05, 4.69) is 11.1 Å². The molecule has 0 bridgehead atoms. The maximum atomic E-state index is 12.8. The first-order valence-electron chi connectivity index (χ1n) is 8.51. The van der Waals surface area contributed by atoms with E-state index in [-0.39, 0.29) is 18.2 Å². The summed E-state index contributed by atoms with van der Waals surface area (Å²) < 4.78 is 0. The van der Waals surface area contributed by atoms with Crippen LogP contribution in [0.25, 0.3) is 0 Å². The van der Waals surface area contributed by atoms with Crippen molar-refractivity contribution in [1.82, 2.24) is 4.98 Å². The van der Waals surface area contributed by atoms with Crippen molar-refractivity contribution in [2.24, 2.45) is 0 Å². The van der Waals surface area contributed by atoms with Crippen LogP contribution in [0.15, 0.2) is 41.4 Å². The number of carbonyl (C=O) groups is 2. The topological polar surface area (TPSA) is 97.9 Å². The molecule has 1 aromatic carbocycles. The van der Waals surface area contributed by atoms with E-state index in [9.17, 15) is 14.9 Å². The highest BCUT2D eigenvalue weighted by Gasteiger charge is 2.40. The molecule has 1 aliphatic heterocycles. The normalized spacial score (nSPS) is 16.3. The SMILES string of the molecule is CCCc1ccc(C#N)c(SC2CC(=O)N(c3ccc(C#N)cc3)C2=O)n1. The second-order valence-corrected chi connectivity index (χ2v) is 7.25. The number of amides is 2. The average molecular weight is 376 g/mol. The Labute approximate surface area is 161 Å². The number of anilines is 1. The summed E-state index contributed by atoms with van der Waals surface area (Å²) in [5, 5.41) is 18.1. The summed E-state index contributed by atoms with van der Waals surface area (Å²) in [6, 6.07) is 13.9. The number of pyridine rings is 1. The highest BCUT2D eigenvalue weighted by molar-refractivity contribution is 8.00. The Morgan fingerprint density at radius 2 is 1.89 bits per heavy atom. The fourth-order valence-electron chi connectivity index (χ4n) is 2.84. The zero-order chi connectivity index (χ0) is 19.4. The lowest BCUT2D eigenvalue weighted by atomic mass is 10.2. The first-order valence-corrected chi connectivity index (χ1v) is 9.39. The Kier molecular flexibility index (Phi) is 5.54. The smallest absolute Gasteiger partial charge is 0.247 e. The van der Waals surface area contributed by atoms with Crippen molar-refractivity contribution in [3.05, 3.63) is 53.2 Å². The van der Waals surface area contributed by atoms with Gasteiger partial charge in [0.25, 0.3) is 0 Å². The molecule has 1 aliphatic rings. The summed E-state index contributed by atoms with van der Waals surface area (Å²) in [5.41, 5.74) is 2.16.